The van der Waals surface area contributed by atoms with E-state index in [1.807, 2.05) is 6.92 Å². The summed E-state index contributed by atoms with van der Waals surface area (Å²) >= 11 is 0. The van der Waals surface area contributed by atoms with Crippen LogP contribution in [0.4, 0.5) is 0 Å². The molecule has 0 bridgehead atoms. The average Bonchev–Trinajstić information content (AvgIpc) is 2.04. The van der Waals surface area contributed by atoms with Gasteiger partial charge in [0, 0.05) is 0 Å². The van der Waals surface area contributed by atoms with Crippen molar-refractivity contribution in [3.8, 4) is 0 Å². The Balaban J connectivity index is 4.51. The molecule has 74 valence electrons. The quantitative estimate of drug-likeness (QED) is 0.636. The lowest BCUT2D eigenvalue weighted by molar-refractivity contribution is -0.151. The molecular formula is C9H14O4. The van der Waals surface area contributed by atoms with Gasteiger partial charge in [-0.05, 0) is 6.42 Å². The highest BCUT2D eigenvalue weighted by atomic mass is 16.4. The molecule has 0 aromatic rings. The van der Waals surface area contributed by atoms with Gasteiger partial charge in [-0.2, -0.15) is 0 Å². The molecule has 0 saturated carbocycles. The zero-order chi connectivity index (χ0) is 10.4. The van der Waals surface area contributed by atoms with E-state index in [4.69, 9.17) is 10.2 Å². The van der Waals surface area contributed by atoms with Crippen LogP contribution in [0, 0.1) is 11.8 Å². The molecular weight excluding hydrogens is 172 g/mol. The van der Waals surface area contributed by atoms with Crippen LogP contribution in [-0.2, 0) is 9.59 Å². The van der Waals surface area contributed by atoms with Crippen LogP contribution in [-0.4, -0.2) is 22.2 Å². The molecule has 0 fully saturated rings. The number of aliphatic carboxylic acids is 2. The SMILES string of the molecule is CC/C=C/C(C(=O)O)C(C)C(=O)O. The van der Waals surface area contributed by atoms with E-state index in [0.29, 0.717) is 6.42 Å². The number of carboxylic acids is 2. The zero-order valence-electron chi connectivity index (χ0n) is 7.73. The monoisotopic (exact) mass is 186 g/mol. The Bertz CT molecular complexity index is 220. The van der Waals surface area contributed by atoms with E-state index >= 15 is 0 Å². The lowest BCUT2D eigenvalue weighted by Crippen LogP contribution is -2.25. The minimum Gasteiger partial charge on any atom is -0.481 e. The smallest absolute Gasteiger partial charge is 0.311 e. The van der Waals surface area contributed by atoms with Gasteiger partial charge < -0.3 is 10.2 Å². The molecule has 4 heteroatoms. The Labute approximate surface area is 76.9 Å². The molecule has 0 aliphatic carbocycles. The molecule has 13 heavy (non-hydrogen) atoms. The minimum atomic E-state index is -1.10. The summed E-state index contributed by atoms with van der Waals surface area (Å²) in [5.41, 5.74) is 0. The van der Waals surface area contributed by atoms with Gasteiger partial charge in [0.05, 0.1) is 11.8 Å². The second-order valence-electron chi connectivity index (χ2n) is 2.83. The Hall–Kier alpha value is -1.32. The molecule has 4 nitrogen and oxygen atoms in total. The average molecular weight is 186 g/mol. The number of hydrogen-bond donors (Lipinski definition) is 2. The third-order valence-corrected chi connectivity index (χ3v) is 1.79. The predicted octanol–water partition coefficient (Wildman–Crippen LogP) is 1.37. The molecule has 0 spiro atoms. The first kappa shape index (κ1) is 11.7. The molecule has 0 saturated heterocycles. The van der Waals surface area contributed by atoms with E-state index in [-0.39, 0.29) is 0 Å². The number of hydrogen-bond acceptors (Lipinski definition) is 2. The molecule has 0 aromatic heterocycles. The maximum Gasteiger partial charge on any atom is 0.311 e. The third-order valence-electron chi connectivity index (χ3n) is 1.79. The van der Waals surface area contributed by atoms with Crippen molar-refractivity contribution in [3.63, 3.8) is 0 Å². The Morgan fingerprint density at radius 1 is 1.31 bits per heavy atom. The highest BCUT2D eigenvalue weighted by Gasteiger charge is 2.27. The fraction of sp³-hybridized carbons (Fsp3) is 0.556. The van der Waals surface area contributed by atoms with Gasteiger partial charge in [-0.15, -0.1) is 0 Å². The van der Waals surface area contributed by atoms with Crippen LogP contribution in [0.25, 0.3) is 0 Å². The van der Waals surface area contributed by atoms with E-state index < -0.39 is 23.8 Å². The molecule has 0 amide bonds. The van der Waals surface area contributed by atoms with Crippen LogP contribution < -0.4 is 0 Å². The van der Waals surface area contributed by atoms with Crippen molar-refractivity contribution >= 4 is 11.9 Å². The Morgan fingerprint density at radius 3 is 2.15 bits per heavy atom. The molecule has 0 rings (SSSR count). The summed E-state index contributed by atoms with van der Waals surface area (Å²) in [7, 11) is 0. The largest absolute Gasteiger partial charge is 0.481 e. The second-order valence-corrected chi connectivity index (χ2v) is 2.83. The summed E-state index contributed by atoms with van der Waals surface area (Å²) in [5, 5.41) is 17.3. The van der Waals surface area contributed by atoms with Gasteiger partial charge in [0.1, 0.15) is 0 Å². The molecule has 2 unspecified atom stereocenters. The summed E-state index contributed by atoms with van der Waals surface area (Å²) in [5.74, 6) is -4.01. The van der Waals surface area contributed by atoms with Gasteiger partial charge >= 0.3 is 11.9 Å². The van der Waals surface area contributed by atoms with Gasteiger partial charge in [-0.1, -0.05) is 26.0 Å². The van der Waals surface area contributed by atoms with Crippen LogP contribution in [0.5, 0.6) is 0 Å². The van der Waals surface area contributed by atoms with E-state index in [2.05, 4.69) is 0 Å². The number of allylic oxidation sites excluding steroid dienone is 1. The van der Waals surface area contributed by atoms with E-state index in [1.54, 1.807) is 6.08 Å². The van der Waals surface area contributed by atoms with Crippen LogP contribution in [0.1, 0.15) is 20.3 Å². The van der Waals surface area contributed by atoms with Gasteiger partial charge in [0.25, 0.3) is 0 Å². The van der Waals surface area contributed by atoms with Crippen LogP contribution in [0.2, 0.25) is 0 Å². The van der Waals surface area contributed by atoms with Gasteiger partial charge in [-0.25, -0.2) is 0 Å². The maximum absolute atomic E-state index is 10.6. The summed E-state index contributed by atoms with van der Waals surface area (Å²) in [4.78, 5) is 21.1. The fourth-order valence-electron chi connectivity index (χ4n) is 0.899. The van der Waals surface area contributed by atoms with E-state index in [9.17, 15) is 9.59 Å². The van der Waals surface area contributed by atoms with Crippen molar-refractivity contribution in [3.05, 3.63) is 12.2 Å². The van der Waals surface area contributed by atoms with Gasteiger partial charge in [0.2, 0.25) is 0 Å². The topological polar surface area (TPSA) is 74.6 Å². The fourth-order valence-corrected chi connectivity index (χ4v) is 0.899. The van der Waals surface area contributed by atoms with Crippen molar-refractivity contribution < 1.29 is 19.8 Å². The van der Waals surface area contributed by atoms with Gasteiger partial charge in [0.15, 0.2) is 0 Å². The van der Waals surface area contributed by atoms with E-state index in [1.165, 1.54) is 13.0 Å². The van der Waals surface area contributed by atoms with E-state index in [0.717, 1.165) is 0 Å². The first-order valence-electron chi connectivity index (χ1n) is 4.13. The van der Waals surface area contributed by atoms with Crippen LogP contribution in [0.3, 0.4) is 0 Å². The Kier molecular flexibility index (Phi) is 4.80. The lowest BCUT2D eigenvalue weighted by atomic mass is 9.94. The normalized spacial score (nSPS) is 15.5. The Morgan fingerprint density at radius 2 is 1.85 bits per heavy atom. The summed E-state index contributed by atoms with van der Waals surface area (Å²) in [6, 6.07) is 0. The minimum absolute atomic E-state index is 0.704. The highest BCUT2D eigenvalue weighted by Crippen LogP contribution is 2.14. The number of carboxylic acid groups (broad SMARTS) is 2. The lowest BCUT2D eigenvalue weighted by Gasteiger charge is -2.11. The molecule has 0 aliphatic rings. The maximum atomic E-state index is 10.6. The number of rotatable bonds is 5. The molecule has 0 radical (unpaired) electrons. The van der Waals surface area contributed by atoms with Crippen molar-refractivity contribution in [2.75, 3.05) is 0 Å². The molecule has 2 N–H and O–H groups in total. The third kappa shape index (κ3) is 3.73. The van der Waals surface area contributed by atoms with Crippen LogP contribution in [0.15, 0.2) is 12.2 Å². The number of carbonyl (C=O) groups is 2. The zero-order valence-corrected chi connectivity index (χ0v) is 7.73. The van der Waals surface area contributed by atoms with Crippen LogP contribution >= 0.6 is 0 Å². The van der Waals surface area contributed by atoms with Crippen molar-refractivity contribution in [1.29, 1.82) is 0 Å². The second kappa shape index (κ2) is 5.35. The molecule has 0 heterocycles. The molecule has 0 aliphatic heterocycles. The highest BCUT2D eigenvalue weighted by molar-refractivity contribution is 5.81. The standard InChI is InChI=1S/C9H14O4/c1-3-4-5-7(9(12)13)6(2)8(10)11/h4-7H,3H2,1-2H3,(H,10,11)(H,12,13)/b5-4+. The summed E-state index contributed by atoms with van der Waals surface area (Å²) in [6.07, 6.45) is 3.80. The van der Waals surface area contributed by atoms with Gasteiger partial charge in [-0.3, -0.25) is 9.59 Å². The molecule has 0 aromatic carbocycles. The van der Waals surface area contributed by atoms with Crippen molar-refractivity contribution in [2.24, 2.45) is 11.8 Å². The first-order valence-corrected chi connectivity index (χ1v) is 4.13. The summed E-state index contributed by atoms with van der Waals surface area (Å²) < 4.78 is 0. The van der Waals surface area contributed by atoms with Crippen molar-refractivity contribution in [2.45, 2.75) is 20.3 Å². The molecule has 2 atom stereocenters. The first-order chi connectivity index (χ1) is 6.00. The summed E-state index contributed by atoms with van der Waals surface area (Å²) in [6.45, 7) is 3.25. The van der Waals surface area contributed by atoms with Crippen molar-refractivity contribution in [1.82, 2.24) is 0 Å². The predicted molar refractivity (Wildman–Crippen MR) is 47.4 cm³/mol.